The Morgan fingerprint density at radius 1 is 0.889 bits per heavy atom. The highest BCUT2D eigenvalue weighted by Gasteiger charge is 2.46. The molecule has 1 atom stereocenters. The molecule has 36 heavy (non-hydrogen) atoms. The minimum absolute atomic E-state index is 0.00195. The van der Waals surface area contributed by atoms with Crippen LogP contribution in [0.5, 0.6) is 17.2 Å². The summed E-state index contributed by atoms with van der Waals surface area (Å²) < 4.78 is 16.4. The highest BCUT2D eigenvalue weighted by Crippen LogP contribution is 2.42. The standard InChI is InChI=1S/C29H29NO6/c1-18(2)36-22-15-11-20(12-16-22)26-25(27(31)23-7-5-6-8-24(23)35-4)28(32)29(33)30(26)17-19-9-13-21(34-3)14-10-19/h5-16,18,26,31H,17H2,1-4H3/b27-25-. The number of para-hydroxylation sites is 1. The lowest BCUT2D eigenvalue weighted by atomic mass is 9.94. The summed E-state index contributed by atoms with van der Waals surface area (Å²) in [4.78, 5) is 28.1. The number of hydrogen-bond acceptors (Lipinski definition) is 6. The van der Waals surface area contributed by atoms with Gasteiger partial charge in [-0.15, -0.1) is 0 Å². The first-order valence-electron chi connectivity index (χ1n) is 11.7. The number of likely N-dealkylation sites (tertiary alicyclic amines) is 1. The number of ketones is 1. The smallest absolute Gasteiger partial charge is 0.295 e. The summed E-state index contributed by atoms with van der Waals surface area (Å²) in [6.07, 6.45) is 0.00195. The summed E-state index contributed by atoms with van der Waals surface area (Å²) >= 11 is 0. The van der Waals surface area contributed by atoms with Crippen molar-refractivity contribution in [3.8, 4) is 17.2 Å². The molecule has 4 rings (SSSR count). The van der Waals surface area contributed by atoms with Gasteiger partial charge in [-0.1, -0.05) is 36.4 Å². The third-order valence-corrected chi connectivity index (χ3v) is 5.98. The zero-order chi connectivity index (χ0) is 25.8. The van der Waals surface area contributed by atoms with E-state index < -0.39 is 17.7 Å². The van der Waals surface area contributed by atoms with Gasteiger partial charge in [0.2, 0.25) is 0 Å². The van der Waals surface area contributed by atoms with Crippen LogP contribution in [0.4, 0.5) is 0 Å². The normalized spacial score (nSPS) is 16.9. The molecule has 0 aromatic heterocycles. The lowest BCUT2D eigenvalue weighted by molar-refractivity contribution is -0.140. The Labute approximate surface area is 210 Å². The molecule has 0 aliphatic carbocycles. The Balaban J connectivity index is 1.83. The number of methoxy groups -OCH3 is 2. The Hall–Kier alpha value is -4.26. The Kier molecular flexibility index (Phi) is 7.29. The molecule has 0 bridgehead atoms. The second-order valence-corrected chi connectivity index (χ2v) is 8.71. The van der Waals surface area contributed by atoms with Crippen LogP contribution >= 0.6 is 0 Å². The van der Waals surface area contributed by atoms with Gasteiger partial charge in [-0.2, -0.15) is 0 Å². The van der Waals surface area contributed by atoms with Crippen molar-refractivity contribution in [2.75, 3.05) is 14.2 Å². The first-order valence-corrected chi connectivity index (χ1v) is 11.7. The molecule has 0 saturated carbocycles. The number of Topliss-reactive ketones (excluding diaryl/α,β-unsaturated/α-hetero) is 1. The van der Waals surface area contributed by atoms with Crippen LogP contribution in [0.25, 0.3) is 5.76 Å². The summed E-state index contributed by atoms with van der Waals surface area (Å²) in [6, 6.07) is 20.5. The van der Waals surface area contributed by atoms with Gasteiger partial charge in [0.1, 0.15) is 23.0 Å². The van der Waals surface area contributed by atoms with Crippen LogP contribution in [0.15, 0.2) is 78.4 Å². The maximum absolute atomic E-state index is 13.3. The molecule has 3 aromatic rings. The van der Waals surface area contributed by atoms with E-state index in [-0.39, 0.29) is 24.0 Å². The molecular weight excluding hydrogens is 458 g/mol. The van der Waals surface area contributed by atoms with Gasteiger partial charge in [0.15, 0.2) is 0 Å². The van der Waals surface area contributed by atoms with E-state index in [1.807, 2.05) is 38.1 Å². The number of amides is 1. The van der Waals surface area contributed by atoms with E-state index in [0.717, 1.165) is 5.56 Å². The lowest BCUT2D eigenvalue weighted by Crippen LogP contribution is -2.29. The van der Waals surface area contributed by atoms with E-state index in [1.165, 1.54) is 12.0 Å². The number of carbonyl (C=O) groups is 2. The predicted octanol–water partition coefficient (Wildman–Crippen LogP) is 5.11. The molecule has 1 N–H and O–H groups in total. The zero-order valence-electron chi connectivity index (χ0n) is 20.7. The van der Waals surface area contributed by atoms with Crippen LogP contribution in [0, 0.1) is 0 Å². The van der Waals surface area contributed by atoms with Crippen molar-refractivity contribution < 1.29 is 28.9 Å². The van der Waals surface area contributed by atoms with Crippen LogP contribution in [0.1, 0.15) is 36.6 Å². The van der Waals surface area contributed by atoms with Gasteiger partial charge in [-0.25, -0.2) is 0 Å². The fourth-order valence-corrected chi connectivity index (χ4v) is 4.30. The fourth-order valence-electron chi connectivity index (χ4n) is 4.30. The second kappa shape index (κ2) is 10.6. The van der Waals surface area contributed by atoms with Crippen LogP contribution < -0.4 is 14.2 Å². The highest BCUT2D eigenvalue weighted by atomic mass is 16.5. The van der Waals surface area contributed by atoms with Gasteiger partial charge < -0.3 is 24.2 Å². The quantitative estimate of drug-likeness (QED) is 0.270. The fraction of sp³-hybridized carbons (Fsp3) is 0.241. The number of aliphatic hydroxyl groups excluding tert-OH is 1. The number of nitrogens with zero attached hydrogens (tertiary/aromatic N) is 1. The third-order valence-electron chi connectivity index (χ3n) is 5.98. The Morgan fingerprint density at radius 3 is 2.14 bits per heavy atom. The molecule has 1 fully saturated rings. The maximum Gasteiger partial charge on any atom is 0.295 e. The molecule has 3 aromatic carbocycles. The minimum Gasteiger partial charge on any atom is -0.507 e. The summed E-state index contributed by atoms with van der Waals surface area (Å²) in [6.45, 7) is 4.04. The maximum atomic E-state index is 13.3. The SMILES string of the molecule is COc1ccc(CN2C(=O)C(=O)/C(=C(\O)c3ccccc3OC)C2c2ccc(OC(C)C)cc2)cc1. The number of aliphatic hydroxyl groups is 1. The van der Waals surface area contributed by atoms with Crippen LogP contribution in [-0.4, -0.2) is 42.0 Å². The van der Waals surface area contributed by atoms with Gasteiger partial charge in [0.05, 0.1) is 37.5 Å². The van der Waals surface area contributed by atoms with E-state index >= 15 is 0 Å². The monoisotopic (exact) mass is 487 g/mol. The first-order chi connectivity index (χ1) is 17.3. The van der Waals surface area contributed by atoms with Gasteiger partial charge in [0.25, 0.3) is 11.7 Å². The summed E-state index contributed by atoms with van der Waals surface area (Å²) in [5.74, 6) is 0.0420. The number of hydrogen-bond donors (Lipinski definition) is 1. The summed E-state index contributed by atoms with van der Waals surface area (Å²) in [7, 11) is 3.07. The molecular formula is C29H29NO6. The van der Waals surface area contributed by atoms with Gasteiger partial charge >= 0.3 is 0 Å². The number of ether oxygens (including phenoxy) is 3. The second-order valence-electron chi connectivity index (χ2n) is 8.71. The molecule has 186 valence electrons. The van der Waals surface area contributed by atoms with Gasteiger partial charge in [-0.05, 0) is 61.4 Å². The first kappa shape index (κ1) is 24.9. The van der Waals surface area contributed by atoms with Crippen molar-refractivity contribution in [1.29, 1.82) is 0 Å². The molecule has 1 aliphatic rings. The van der Waals surface area contributed by atoms with E-state index in [4.69, 9.17) is 14.2 Å². The van der Waals surface area contributed by atoms with E-state index in [1.54, 1.807) is 55.6 Å². The topological polar surface area (TPSA) is 85.3 Å². The highest BCUT2D eigenvalue weighted by molar-refractivity contribution is 6.46. The molecule has 1 aliphatic heterocycles. The van der Waals surface area contributed by atoms with Crippen molar-refractivity contribution in [2.24, 2.45) is 0 Å². The summed E-state index contributed by atoms with van der Waals surface area (Å²) in [5.41, 5.74) is 1.85. The summed E-state index contributed by atoms with van der Waals surface area (Å²) in [5, 5.41) is 11.3. The van der Waals surface area contributed by atoms with Crippen LogP contribution in [-0.2, 0) is 16.1 Å². The predicted molar refractivity (Wildman–Crippen MR) is 136 cm³/mol. The molecule has 1 saturated heterocycles. The molecule has 1 amide bonds. The average molecular weight is 488 g/mol. The minimum atomic E-state index is -0.801. The van der Waals surface area contributed by atoms with Crippen LogP contribution in [0.3, 0.4) is 0 Å². The molecule has 1 unspecified atom stereocenters. The molecule has 7 nitrogen and oxygen atoms in total. The van der Waals surface area contributed by atoms with Crippen LogP contribution in [0.2, 0.25) is 0 Å². The van der Waals surface area contributed by atoms with Crippen molar-refractivity contribution in [1.82, 2.24) is 4.90 Å². The Bertz CT molecular complexity index is 1280. The lowest BCUT2D eigenvalue weighted by Gasteiger charge is -2.26. The zero-order valence-corrected chi connectivity index (χ0v) is 20.7. The largest absolute Gasteiger partial charge is 0.507 e. The van der Waals surface area contributed by atoms with E-state index in [0.29, 0.717) is 28.4 Å². The molecule has 0 radical (unpaired) electrons. The van der Waals surface area contributed by atoms with Crippen molar-refractivity contribution in [3.63, 3.8) is 0 Å². The molecule has 7 heteroatoms. The number of benzene rings is 3. The Morgan fingerprint density at radius 2 is 1.53 bits per heavy atom. The van der Waals surface area contributed by atoms with Crippen molar-refractivity contribution in [2.45, 2.75) is 32.5 Å². The third kappa shape index (κ3) is 4.91. The number of rotatable bonds is 8. The average Bonchev–Trinajstić information content (AvgIpc) is 3.13. The van der Waals surface area contributed by atoms with Gasteiger partial charge in [-0.3, -0.25) is 9.59 Å². The van der Waals surface area contributed by atoms with E-state index in [9.17, 15) is 14.7 Å². The van der Waals surface area contributed by atoms with Crippen molar-refractivity contribution in [3.05, 3.63) is 95.1 Å². The van der Waals surface area contributed by atoms with E-state index in [2.05, 4.69) is 0 Å². The van der Waals surface area contributed by atoms with Crippen molar-refractivity contribution >= 4 is 17.4 Å². The molecule has 1 heterocycles. The number of carbonyl (C=O) groups excluding carboxylic acids is 2. The molecule has 0 spiro atoms. The van der Waals surface area contributed by atoms with Gasteiger partial charge in [0, 0.05) is 6.54 Å².